The van der Waals surface area contributed by atoms with Crippen LogP contribution >= 0.6 is 0 Å². The Morgan fingerprint density at radius 1 is 1.79 bits per heavy atom. The molecule has 0 amide bonds. The Morgan fingerprint density at radius 2 is 2.53 bits per heavy atom. The van der Waals surface area contributed by atoms with Crippen LogP contribution in [0.1, 0.15) is 13.2 Å². The molecule has 2 heterocycles. The van der Waals surface area contributed by atoms with E-state index in [1.54, 1.807) is 0 Å². The van der Waals surface area contributed by atoms with E-state index in [-0.39, 0.29) is 32.5 Å². The molecule has 2 atom stereocenters. The SMILES string of the molecule is CC(=O)OC[C@H]1O[C@H](n2cc(F)c(N)nc2=O)C[Se]1. The minimum atomic E-state index is -0.765. The molecule has 7 nitrogen and oxygen atoms in total. The van der Waals surface area contributed by atoms with Crippen LogP contribution in [0.4, 0.5) is 10.2 Å². The fourth-order valence-corrected chi connectivity index (χ4v) is 3.60. The van der Waals surface area contributed by atoms with Gasteiger partial charge in [0.05, 0.1) is 0 Å². The first-order valence-electron chi connectivity index (χ1n) is 5.42. The number of hydrogen-bond donors (Lipinski definition) is 1. The van der Waals surface area contributed by atoms with Gasteiger partial charge in [0, 0.05) is 0 Å². The Kier molecular flexibility index (Phi) is 4.18. The number of hydrogen-bond acceptors (Lipinski definition) is 6. The standard InChI is InChI=1S/C10H12FN3O4Se/c1-5(15)17-3-8-18-7(4-19-8)14-2-6(11)9(12)13-10(14)16/h2,7-8H,3-4H2,1H3,(H2,12,13,16)/t7-,8-/m0/s1. The number of halogens is 1. The first-order chi connectivity index (χ1) is 8.97. The number of esters is 1. The van der Waals surface area contributed by atoms with Crippen LogP contribution < -0.4 is 11.4 Å². The van der Waals surface area contributed by atoms with Crippen LogP contribution in [0, 0.1) is 5.82 Å². The summed E-state index contributed by atoms with van der Waals surface area (Å²) in [7, 11) is 0. The molecule has 0 aliphatic carbocycles. The van der Waals surface area contributed by atoms with Crippen LogP contribution in [0.15, 0.2) is 11.0 Å². The number of ether oxygens (including phenoxy) is 2. The number of aromatic nitrogens is 2. The molecule has 0 radical (unpaired) electrons. The molecule has 1 aliphatic heterocycles. The van der Waals surface area contributed by atoms with Crippen LogP contribution in [0.5, 0.6) is 0 Å². The number of nitrogens with zero attached hydrogens (tertiary/aromatic N) is 2. The molecule has 0 bridgehead atoms. The van der Waals surface area contributed by atoms with Crippen molar-refractivity contribution < 1.29 is 18.7 Å². The van der Waals surface area contributed by atoms with E-state index in [0.29, 0.717) is 5.32 Å². The van der Waals surface area contributed by atoms with Crippen molar-refractivity contribution in [2.24, 2.45) is 0 Å². The second-order valence-electron chi connectivity index (χ2n) is 3.82. The van der Waals surface area contributed by atoms with E-state index in [9.17, 15) is 14.0 Å². The van der Waals surface area contributed by atoms with Crippen LogP contribution in [-0.2, 0) is 14.3 Å². The van der Waals surface area contributed by atoms with Crippen LogP contribution in [0.3, 0.4) is 0 Å². The van der Waals surface area contributed by atoms with E-state index in [0.717, 1.165) is 10.8 Å². The summed E-state index contributed by atoms with van der Waals surface area (Å²) >= 11 is 0.0391. The summed E-state index contributed by atoms with van der Waals surface area (Å²) in [6.07, 6.45) is 0.398. The zero-order valence-corrected chi connectivity index (χ0v) is 11.8. The molecule has 1 aromatic heterocycles. The van der Waals surface area contributed by atoms with E-state index in [4.69, 9.17) is 15.2 Å². The molecule has 0 unspecified atom stereocenters. The Morgan fingerprint density at radius 3 is 3.21 bits per heavy atom. The van der Waals surface area contributed by atoms with Gasteiger partial charge in [-0.3, -0.25) is 0 Å². The van der Waals surface area contributed by atoms with Crippen molar-refractivity contribution in [2.45, 2.75) is 23.5 Å². The average Bonchev–Trinajstić information content (AvgIpc) is 2.80. The molecule has 1 aliphatic rings. The summed E-state index contributed by atoms with van der Waals surface area (Å²) in [5.41, 5.74) is 4.54. The van der Waals surface area contributed by atoms with Crippen LogP contribution in [-0.4, -0.2) is 42.1 Å². The number of nitrogen functional groups attached to an aromatic ring is 1. The number of carbonyl (C=O) groups is 1. The van der Waals surface area contributed by atoms with E-state index in [2.05, 4.69) is 4.98 Å². The summed E-state index contributed by atoms with van der Waals surface area (Å²) in [5.74, 6) is -1.58. The van der Waals surface area contributed by atoms with Gasteiger partial charge in [0.1, 0.15) is 0 Å². The molecule has 2 N–H and O–H groups in total. The molecule has 2 rings (SSSR count). The summed E-state index contributed by atoms with van der Waals surface area (Å²) in [6, 6.07) is 0. The van der Waals surface area contributed by atoms with Gasteiger partial charge in [-0.1, -0.05) is 0 Å². The summed E-state index contributed by atoms with van der Waals surface area (Å²) < 4.78 is 24.7. The van der Waals surface area contributed by atoms with Crippen molar-refractivity contribution in [1.29, 1.82) is 0 Å². The van der Waals surface area contributed by atoms with E-state index in [1.165, 1.54) is 6.92 Å². The number of rotatable bonds is 3. The molecule has 1 saturated heterocycles. The maximum absolute atomic E-state index is 13.3. The van der Waals surface area contributed by atoms with Gasteiger partial charge in [0.15, 0.2) is 0 Å². The molecule has 9 heteroatoms. The van der Waals surface area contributed by atoms with E-state index in [1.807, 2.05) is 0 Å². The molecule has 0 spiro atoms. The Hall–Kier alpha value is -1.44. The topological polar surface area (TPSA) is 96.4 Å². The quantitative estimate of drug-likeness (QED) is 0.591. The molecule has 0 saturated carbocycles. The van der Waals surface area contributed by atoms with Gasteiger partial charge in [-0.15, -0.1) is 0 Å². The van der Waals surface area contributed by atoms with Crippen LogP contribution in [0.25, 0.3) is 0 Å². The van der Waals surface area contributed by atoms with Gasteiger partial charge in [0.2, 0.25) is 0 Å². The van der Waals surface area contributed by atoms with Crippen LogP contribution in [0.2, 0.25) is 5.32 Å². The van der Waals surface area contributed by atoms with E-state index < -0.39 is 23.6 Å². The van der Waals surface area contributed by atoms with Crippen molar-refractivity contribution in [1.82, 2.24) is 9.55 Å². The Bertz CT molecular complexity index is 550. The predicted octanol–water partition coefficient (Wildman–Crippen LogP) is -0.495. The molecular formula is C10H12FN3O4Se. The maximum atomic E-state index is 13.3. The predicted molar refractivity (Wildman–Crippen MR) is 64.0 cm³/mol. The minimum absolute atomic E-state index is 0.0391. The number of nitrogens with two attached hydrogens (primary N) is 1. The fourth-order valence-electron chi connectivity index (χ4n) is 1.53. The second kappa shape index (κ2) is 5.68. The average molecular weight is 336 g/mol. The van der Waals surface area contributed by atoms with Crippen molar-refractivity contribution >= 4 is 26.7 Å². The fraction of sp³-hybridized carbons (Fsp3) is 0.500. The van der Waals surface area contributed by atoms with Crippen molar-refractivity contribution in [2.75, 3.05) is 12.3 Å². The monoisotopic (exact) mass is 337 g/mol. The number of anilines is 1. The molecule has 104 valence electrons. The zero-order chi connectivity index (χ0) is 14.0. The summed E-state index contributed by atoms with van der Waals surface area (Å²) in [5, 5.41) is 0.332. The van der Waals surface area contributed by atoms with Gasteiger partial charge in [-0.25, -0.2) is 0 Å². The first kappa shape index (κ1) is 14.0. The number of carbonyl (C=O) groups excluding carboxylic acids is 1. The van der Waals surface area contributed by atoms with Crippen molar-refractivity contribution in [3.8, 4) is 0 Å². The van der Waals surface area contributed by atoms with Gasteiger partial charge in [-0.05, 0) is 0 Å². The molecular weight excluding hydrogens is 324 g/mol. The van der Waals surface area contributed by atoms with Crippen molar-refractivity contribution in [3.05, 3.63) is 22.5 Å². The Balaban J connectivity index is 2.07. The summed E-state index contributed by atoms with van der Waals surface area (Å²) in [6.45, 7) is 1.45. The zero-order valence-electron chi connectivity index (χ0n) is 10.0. The first-order valence-corrected chi connectivity index (χ1v) is 7.62. The third-order valence-corrected chi connectivity index (χ3v) is 4.70. The molecule has 0 aromatic carbocycles. The van der Waals surface area contributed by atoms with Gasteiger partial charge < -0.3 is 0 Å². The third kappa shape index (κ3) is 3.31. The molecule has 1 aromatic rings. The van der Waals surface area contributed by atoms with Gasteiger partial charge in [0.25, 0.3) is 0 Å². The molecule has 19 heavy (non-hydrogen) atoms. The third-order valence-electron chi connectivity index (χ3n) is 2.40. The normalized spacial score (nSPS) is 22.4. The van der Waals surface area contributed by atoms with E-state index >= 15 is 0 Å². The van der Waals surface area contributed by atoms with Crippen molar-refractivity contribution in [3.63, 3.8) is 0 Å². The Labute approximate surface area is 114 Å². The summed E-state index contributed by atoms with van der Waals surface area (Å²) in [4.78, 5) is 25.7. The molecule has 1 fully saturated rings. The van der Waals surface area contributed by atoms with Gasteiger partial charge >= 0.3 is 113 Å². The second-order valence-corrected chi connectivity index (χ2v) is 6.32. The van der Waals surface area contributed by atoms with Gasteiger partial charge in [-0.2, -0.15) is 0 Å².